The molecule has 0 spiro atoms. The Balaban J connectivity index is 2.79. The number of nitrogens with zero attached hydrogens (tertiary/aromatic N) is 1. The van der Waals surface area contributed by atoms with Crippen molar-refractivity contribution in [1.29, 1.82) is 0 Å². The molecule has 3 N–H and O–H groups in total. The van der Waals surface area contributed by atoms with E-state index in [-0.39, 0.29) is 25.0 Å². The second-order valence-corrected chi connectivity index (χ2v) is 9.31. The van der Waals surface area contributed by atoms with Gasteiger partial charge in [-0.15, -0.1) is 0 Å². The second kappa shape index (κ2) is 18.2. The molecule has 3 amide bonds. The Labute approximate surface area is 228 Å². The van der Waals surface area contributed by atoms with Crippen LogP contribution in [0.1, 0.15) is 27.2 Å². The molecule has 1 rings (SSSR count). The van der Waals surface area contributed by atoms with Crippen molar-refractivity contribution in [3.05, 3.63) is 37.0 Å². The van der Waals surface area contributed by atoms with Crippen LogP contribution in [0.3, 0.4) is 0 Å². The van der Waals surface area contributed by atoms with E-state index < -0.39 is 49.1 Å². The van der Waals surface area contributed by atoms with Gasteiger partial charge in [0.1, 0.15) is 18.7 Å². The van der Waals surface area contributed by atoms with Gasteiger partial charge in [-0.25, -0.2) is 4.79 Å². The minimum Gasteiger partial charge on any atom is -0.459 e. The second-order valence-electron chi connectivity index (χ2n) is 9.31. The van der Waals surface area contributed by atoms with Crippen LogP contribution in [0, 0.1) is 5.92 Å². The van der Waals surface area contributed by atoms with Crippen molar-refractivity contribution in [1.82, 2.24) is 20.9 Å². The van der Waals surface area contributed by atoms with Crippen LogP contribution in [0.4, 0.5) is 8.78 Å². The van der Waals surface area contributed by atoms with Crippen LogP contribution in [0.15, 0.2) is 37.0 Å². The summed E-state index contributed by atoms with van der Waals surface area (Å²) in [6, 6.07) is -3.65. The molecular formula is C26H40F2N4O7. The summed E-state index contributed by atoms with van der Waals surface area (Å²) >= 11 is 0. The van der Waals surface area contributed by atoms with Gasteiger partial charge in [0, 0.05) is 13.1 Å². The first-order valence-electron chi connectivity index (χ1n) is 12.7. The number of hydrogen-bond acceptors (Lipinski definition) is 8. The average Bonchev–Trinajstić information content (AvgIpc) is 2.88. The minimum atomic E-state index is -3.18. The van der Waals surface area contributed by atoms with Gasteiger partial charge < -0.3 is 30.2 Å². The molecule has 1 fully saturated rings. The normalized spacial score (nSPS) is 16.6. The first-order valence-corrected chi connectivity index (χ1v) is 12.7. The van der Waals surface area contributed by atoms with Crippen LogP contribution < -0.4 is 16.0 Å². The van der Waals surface area contributed by atoms with Gasteiger partial charge in [-0.1, -0.05) is 45.2 Å². The van der Waals surface area contributed by atoms with Gasteiger partial charge in [0.05, 0.1) is 26.4 Å². The Kier molecular flexibility index (Phi) is 15.8. The molecule has 11 nitrogen and oxygen atoms in total. The molecule has 1 aliphatic heterocycles. The number of halogens is 2. The number of nitrogens with one attached hydrogen (secondary N) is 3. The van der Waals surface area contributed by atoms with Crippen molar-refractivity contribution in [3.8, 4) is 0 Å². The minimum absolute atomic E-state index is 0.0508. The molecule has 3 atom stereocenters. The highest BCUT2D eigenvalue weighted by atomic mass is 19.3. The maximum atomic E-state index is 12.9. The summed E-state index contributed by atoms with van der Waals surface area (Å²) in [7, 11) is 0. The standard InChI is InChI=1S/C26H40F2N4O7/c1-6-8-19(7-2)15-38-25(36)21(16-39-26(27)28)31-23(34)18(5)29-24(35)20(13-17(3)4)30-22(33)14-32-9-11-37-12-10-32/h6-8,17-18,20-21,26H,1-2,9-16H2,3-5H3,(H,29,35)(H,30,33)(H,31,34)/b19-8+/t18?,20-,21-/m0/s1. The van der Waals surface area contributed by atoms with Crippen LogP contribution >= 0.6 is 0 Å². The molecule has 0 bridgehead atoms. The zero-order valence-corrected chi connectivity index (χ0v) is 22.8. The fourth-order valence-electron chi connectivity index (χ4n) is 3.50. The van der Waals surface area contributed by atoms with E-state index in [0.29, 0.717) is 38.3 Å². The number of esters is 1. The quantitative estimate of drug-likeness (QED) is 0.177. The Hall–Kier alpha value is -3.16. The maximum absolute atomic E-state index is 12.9. The molecule has 1 heterocycles. The Morgan fingerprint density at radius 2 is 1.67 bits per heavy atom. The van der Waals surface area contributed by atoms with Crippen LogP contribution in [0.25, 0.3) is 0 Å². The topological polar surface area (TPSA) is 135 Å². The van der Waals surface area contributed by atoms with E-state index in [9.17, 15) is 28.0 Å². The average molecular weight is 559 g/mol. The predicted molar refractivity (Wildman–Crippen MR) is 140 cm³/mol. The third kappa shape index (κ3) is 14.0. The molecule has 0 radical (unpaired) electrons. The number of morpholine rings is 1. The smallest absolute Gasteiger partial charge is 0.345 e. The van der Waals surface area contributed by atoms with Crippen LogP contribution in [0.5, 0.6) is 0 Å². The van der Waals surface area contributed by atoms with Crippen LogP contribution in [0.2, 0.25) is 0 Å². The molecule has 1 unspecified atom stereocenters. The number of rotatable bonds is 17. The van der Waals surface area contributed by atoms with E-state index in [1.807, 2.05) is 18.7 Å². The summed E-state index contributed by atoms with van der Waals surface area (Å²) in [5.41, 5.74) is 0.491. The number of amides is 3. The number of hydrogen-bond donors (Lipinski definition) is 3. The first kappa shape index (κ1) is 33.9. The first-order chi connectivity index (χ1) is 18.5. The Bertz CT molecular complexity index is 876. The highest BCUT2D eigenvalue weighted by Gasteiger charge is 2.29. The molecule has 0 aliphatic carbocycles. The van der Waals surface area contributed by atoms with E-state index in [0.717, 1.165) is 0 Å². The summed E-state index contributed by atoms with van der Waals surface area (Å²) in [6.07, 6.45) is 4.72. The third-order valence-electron chi connectivity index (χ3n) is 5.55. The van der Waals surface area contributed by atoms with Crippen LogP contribution in [-0.4, -0.2) is 99.4 Å². The number of alkyl halides is 2. The van der Waals surface area contributed by atoms with Gasteiger partial charge >= 0.3 is 12.6 Å². The summed E-state index contributed by atoms with van der Waals surface area (Å²) in [6.45, 7) is 10.3. The van der Waals surface area contributed by atoms with Crippen molar-refractivity contribution in [2.45, 2.75) is 51.9 Å². The lowest BCUT2D eigenvalue weighted by molar-refractivity contribution is -0.160. The highest BCUT2D eigenvalue weighted by molar-refractivity contribution is 5.93. The molecule has 0 aromatic carbocycles. The molecule has 13 heteroatoms. The van der Waals surface area contributed by atoms with Gasteiger partial charge in [0.25, 0.3) is 0 Å². The Morgan fingerprint density at radius 1 is 1.00 bits per heavy atom. The van der Waals surface area contributed by atoms with Crippen molar-refractivity contribution >= 4 is 23.7 Å². The molecule has 0 saturated carbocycles. The molecular weight excluding hydrogens is 518 g/mol. The number of carbonyl (C=O) groups is 4. The molecule has 0 aromatic rings. The highest BCUT2D eigenvalue weighted by Crippen LogP contribution is 2.07. The van der Waals surface area contributed by atoms with Gasteiger partial charge in [-0.3, -0.25) is 19.3 Å². The summed E-state index contributed by atoms with van der Waals surface area (Å²) in [4.78, 5) is 52.6. The molecule has 220 valence electrons. The van der Waals surface area contributed by atoms with Gasteiger partial charge in [-0.2, -0.15) is 8.78 Å². The van der Waals surface area contributed by atoms with Gasteiger partial charge in [0.15, 0.2) is 6.04 Å². The molecule has 39 heavy (non-hydrogen) atoms. The van der Waals surface area contributed by atoms with Crippen molar-refractivity contribution in [2.24, 2.45) is 5.92 Å². The predicted octanol–water partition coefficient (Wildman–Crippen LogP) is 0.920. The van der Waals surface area contributed by atoms with Crippen molar-refractivity contribution in [2.75, 3.05) is 46.1 Å². The summed E-state index contributed by atoms with van der Waals surface area (Å²) in [5, 5.41) is 7.49. The van der Waals surface area contributed by atoms with E-state index in [2.05, 4.69) is 33.8 Å². The molecule has 1 aliphatic rings. The fraction of sp³-hybridized carbons (Fsp3) is 0.615. The fourth-order valence-corrected chi connectivity index (χ4v) is 3.50. The lowest BCUT2D eigenvalue weighted by atomic mass is 10.0. The van der Waals surface area contributed by atoms with E-state index >= 15 is 0 Å². The lowest BCUT2D eigenvalue weighted by Crippen LogP contribution is -2.56. The van der Waals surface area contributed by atoms with Gasteiger partial charge in [0.2, 0.25) is 17.7 Å². The third-order valence-corrected chi connectivity index (χ3v) is 5.55. The zero-order valence-electron chi connectivity index (χ0n) is 22.8. The Morgan fingerprint density at radius 3 is 2.23 bits per heavy atom. The van der Waals surface area contributed by atoms with Crippen molar-refractivity contribution in [3.63, 3.8) is 0 Å². The largest absolute Gasteiger partial charge is 0.459 e. The number of carbonyl (C=O) groups excluding carboxylic acids is 4. The van der Waals surface area contributed by atoms with Crippen LogP contribution in [-0.2, 0) is 33.4 Å². The monoisotopic (exact) mass is 558 g/mol. The summed E-state index contributed by atoms with van der Waals surface area (Å²) < 4.78 is 39.8. The summed E-state index contributed by atoms with van der Waals surface area (Å²) in [5.74, 6) is -2.75. The van der Waals surface area contributed by atoms with E-state index in [1.54, 1.807) is 0 Å². The van der Waals surface area contributed by atoms with E-state index in [1.165, 1.54) is 25.2 Å². The number of allylic oxidation sites excluding steroid dienone is 2. The number of ether oxygens (including phenoxy) is 3. The van der Waals surface area contributed by atoms with Gasteiger partial charge in [-0.05, 0) is 24.8 Å². The van der Waals surface area contributed by atoms with E-state index in [4.69, 9.17) is 9.47 Å². The SMILES string of the molecule is C=C/C=C(\C=C)COC(=O)[C@H](COC(F)F)NC(=O)C(C)NC(=O)[C@H](CC(C)C)NC(=O)CN1CCOCC1. The zero-order chi connectivity index (χ0) is 29.4. The maximum Gasteiger partial charge on any atom is 0.345 e. The molecule has 0 aromatic heterocycles. The molecule has 1 saturated heterocycles. The lowest BCUT2D eigenvalue weighted by Gasteiger charge is -2.27. The van der Waals surface area contributed by atoms with Crippen molar-refractivity contribution < 1.29 is 42.2 Å².